The van der Waals surface area contributed by atoms with Crippen LogP contribution in [0.3, 0.4) is 0 Å². The number of hydrogen-bond acceptors (Lipinski definition) is 1. The second-order valence-corrected chi connectivity index (χ2v) is 4.55. The van der Waals surface area contributed by atoms with E-state index < -0.39 is 0 Å². The normalized spacial score (nSPS) is 13.8. The van der Waals surface area contributed by atoms with E-state index in [1.54, 1.807) is 0 Å². The molecule has 3 rings (SSSR count). The lowest BCUT2D eigenvalue weighted by Gasteiger charge is -2.17. The number of nitrogens with zero attached hydrogens (tertiary/aromatic N) is 1. The van der Waals surface area contributed by atoms with Gasteiger partial charge in [-0.15, -0.1) is 0 Å². The zero-order valence-corrected chi connectivity index (χ0v) is 10.4. The summed E-state index contributed by atoms with van der Waals surface area (Å²) in [5, 5.41) is 0. The molecule has 0 saturated carbocycles. The Morgan fingerprint density at radius 3 is 2.50 bits per heavy atom. The van der Waals surface area contributed by atoms with Crippen LogP contribution < -0.4 is 4.90 Å². The van der Waals surface area contributed by atoms with E-state index in [9.17, 15) is 4.79 Å². The average Bonchev–Trinajstić information content (AvgIpc) is 2.75. The second-order valence-electron chi connectivity index (χ2n) is 4.55. The highest BCUT2D eigenvalue weighted by atomic mass is 16.2. The molecule has 1 aliphatic heterocycles. The fourth-order valence-electron chi connectivity index (χ4n) is 2.42. The monoisotopic (exact) mass is 237 g/mol. The van der Waals surface area contributed by atoms with Crippen LogP contribution in [0.4, 0.5) is 11.4 Å². The lowest BCUT2D eigenvalue weighted by atomic mass is 10.1. The topological polar surface area (TPSA) is 20.3 Å². The molecule has 1 aliphatic rings. The largest absolute Gasteiger partial charge is 0.280 e. The molecular weight excluding hydrogens is 222 g/mol. The maximum atomic E-state index is 12.1. The Hall–Kier alpha value is -2.09. The highest BCUT2D eigenvalue weighted by molar-refractivity contribution is 6.07. The summed E-state index contributed by atoms with van der Waals surface area (Å²) in [5.74, 6) is 0.153. The molecule has 1 heterocycles. The maximum absolute atomic E-state index is 12.1. The molecule has 0 aromatic heterocycles. The molecule has 0 bridgehead atoms. The molecule has 0 unspecified atom stereocenters. The Kier molecular flexibility index (Phi) is 2.63. The van der Waals surface area contributed by atoms with E-state index in [4.69, 9.17) is 0 Å². The smallest absolute Gasteiger partial charge is 0.236 e. The van der Waals surface area contributed by atoms with Crippen LogP contribution in [0.1, 0.15) is 18.1 Å². The van der Waals surface area contributed by atoms with Crippen LogP contribution in [0.5, 0.6) is 0 Å². The second kappa shape index (κ2) is 4.30. The Balaban J connectivity index is 2.03. The number of carbonyl (C=O) groups is 1. The minimum atomic E-state index is 0.153. The van der Waals surface area contributed by atoms with Gasteiger partial charge in [0.25, 0.3) is 0 Å². The lowest BCUT2D eigenvalue weighted by molar-refractivity contribution is -0.116. The maximum Gasteiger partial charge on any atom is 0.236 e. The molecule has 0 aliphatic carbocycles. The van der Waals surface area contributed by atoms with Crippen LogP contribution in [0.15, 0.2) is 48.5 Å². The van der Waals surface area contributed by atoms with Crippen LogP contribution in [0.25, 0.3) is 0 Å². The number of rotatable bonds is 2. The Labute approximate surface area is 107 Å². The van der Waals surface area contributed by atoms with Crippen LogP contribution in [-0.4, -0.2) is 5.91 Å². The van der Waals surface area contributed by atoms with E-state index in [2.05, 4.69) is 19.1 Å². The number of carbonyl (C=O) groups excluding carboxylic acids is 1. The van der Waals surface area contributed by atoms with Gasteiger partial charge in [0.2, 0.25) is 5.91 Å². The molecule has 0 saturated heterocycles. The Bertz CT molecular complexity index is 586. The Morgan fingerprint density at radius 1 is 1.06 bits per heavy atom. The zero-order chi connectivity index (χ0) is 12.5. The molecule has 2 heteroatoms. The van der Waals surface area contributed by atoms with Crippen LogP contribution in [0.2, 0.25) is 0 Å². The molecule has 2 nitrogen and oxygen atoms in total. The van der Waals surface area contributed by atoms with Gasteiger partial charge in [-0.2, -0.15) is 0 Å². The van der Waals surface area contributed by atoms with E-state index in [1.165, 1.54) is 5.56 Å². The molecule has 0 atom stereocenters. The van der Waals surface area contributed by atoms with Gasteiger partial charge in [-0.1, -0.05) is 37.3 Å². The summed E-state index contributed by atoms with van der Waals surface area (Å²) in [6, 6.07) is 16.2. The van der Waals surface area contributed by atoms with E-state index in [0.29, 0.717) is 6.42 Å². The molecule has 0 radical (unpaired) electrons. The first-order valence-electron chi connectivity index (χ1n) is 6.29. The molecule has 0 spiro atoms. The summed E-state index contributed by atoms with van der Waals surface area (Å²) in [7, 11) is 0. The molecule has 0 fully saturated rings. The number of para-hydroxylation sites is 1. The molecule has 18 heavy (non-hydrogen) atoms. The number of amides is 1. The molecule has 90 valence electrons. The first kappa shape index (κ1) is 11.0. The number of benzene rings is 2. The van der Waals surface area contributed by atoms with Crippen molar-refractivity contribution >= 4 is 17.3 Å². The molecular formula is C16H15NO. The van der Waals surface area contributed by atoms with Crippen molar-refractivity contribution in [3.8, 4) is 0 Å². The summed E-state index contributed by atoms with van der Waals surface area (Å²) in [5.41, 5.74) is 4.38. The summed E-state index contributed by atoms with van der Waals surface area (Å²) in [4.78, 5) is 13.9. The third-order valence-electron chi connectivity index (χ3n) is 3.43. The van der Waals surface area contributed by atoms with Gasteiger partial charge >= 0.3 is 0 Å². The predicted molar refractivity (Wildman–Crippen MR) is 73.1 cm³/mol. The van der Waals surface area contributed by atoms with Gasteiger partial charge in [0, 0.05) is 5.69 Å². The van der Waals surface area contributed by atoms with Crippen molar-refractivity contribution in [1.82, 2.24) is 0 Å². The Morgan fingerprint density at radius 2 is 1.78 bits per heavy atom. The fraction of sp³-hybridized carbons (Fsp3) is 0.188. The van der Waals surface area contributed by atoms with Crippen molar-refractivity contribution in [3.63, 3.8) is 0 Å². The highest BCUT2D eigenvalue weighted by Crippen LogP contribution is 2.35. The van der Waals surface area contributed by atoms with Gasteiger partial charge < -0.3 is 0 Å². The van der Waals surface area contributed by atoms with Gasteiger partial charge in [0.15, 0.2) is 0 Å². The van der Waals surface area contributed by atoms with Crippen molar-refractivity contribution in [2.45, 2.75) is 19.8 Å². The molecule has 1 amide bonds. The first-order valence-corrected chi connectivity index (χ1v) is 6.29. The highest BCUT2D eigenvalue weighted by Gasteiger charge is 2.27. The summed E-state index contributed by atoms with van der Waals surface area (Å²) in [6.07, 6.45) is 1.52. The summed E-state index contributed by atoms with van der Waals surface area (Å²) in [6.45, 7) is 2.13. The van der Waals surface area contributed by atoms with E-state index >= 15 is 0 Å². The van der Waals surface area contributed by atoms with Crippen molar-refractivity contribution in [1.29, 1.82) is 0 Å². The number of fused-ring (bicyclic) bond motifs is 1. The first-order chi connectivity index (χ1) is 8.79. The third-order valence-corrected chi connectivity index (χ3v) is 3.43. The quantitative estimate of drug-likeness (QED) is 0.783. The summed E-state index contributed by atoms with van der Waals surface area (Å²) >= 11 is 0. The van der Waals surface area contributed by atoms with Crippen molar-refractivity contribution in [2.75, 3.05) is 4.90 Å². The minimum Gasteiger partial charge on any atom is -0.280 e. The molecule has 2 aromatic rings. The number of aryl methyl sites for hydroxylation is 1. The van der Waals surface area contributed by atoms with Gasteiger partial charge in [-0.3, -0.25) is 9.69 Å². The number of hydrogen-bond donors (Lipinski definition) is 0. The van der Waals surface area contributed by atoms with Crippen molar-refractivity contribution in [3.05, 3.63) is 59.7 Å². The van der Waals surface area contributed by atoms with Crippen LogP contribution >= 0.6 is 0 Å². The SMILES string of the molecule is CCc1ccc(N2C(=O)Cc3ccccc32)cc1. The standard InChI is InChI=1S/C16H15NO/c1-2-12-7-9-14(10-8-12)17-15-6-4-3-5-13(15)11-16(17)18/h3-10H,2,11H2,1H3. The predicted octanol–water partition coefficient (Wildman–Crippen LogP) is 3.47. The minimum absolute atomic E-state index is 0.153. The lowest BCUT2D eigenvalue weighted by Crippen LogP contribution is -2.20. The van der Waals surface area contributed by atoms with E-state index in [0.717, 1.165) is 23.4 Å². The van der Waals surface area contributed by atoms with Gasteiger partial charge in [-0.05, 0) is 35.7 Å². The van der Waals surface area contributed by atoms with Gasteiger partial charge in [0.1, 0.15) is 0 Å². The van der Waals surface area contributed by atoms with Gasteiger partial charge in [0.05, 0.1) is 12.1 Å². The van der Waals surface area contributed by atoms with Crippen LogP contribution in [0, 0.1) is 0 Å². The third kappa shape index (κ3) is 1.70. The molecule has 0 N–H and O–H groups in total. The fourth-order valence-corrected chi connectivity index (χ4v) is 2.42. The zero-order valence-electron chi connectivity index (χ0n) is 10.4. The van der Waals surface area contributed by atoms with E-state index in [-0.39, 0.29) is 5.91 Å². The number of anilines is 2. The van der Waals surface area contributed by atoms with E-state index in [1.807, 2.05) is 41.3 Å². The van der Waals surface area contributed by atoms with Crippen molar-refractivity contribution in [2.24, 2.45) is 0 Å². The van der Waals surface area contributed by atoms with Crippen LogP contribution in [-0.2, 0) is 17.6 Å². The molecule has 2 aromatic carbocycles. The average molecular weight is 237 g/mol. The van der Waals surface area contributed by atoms with Crippen molar-refractivity contribution < 1.29 is 4.79 Å². The summed E-state index contributed by atoms with van der Waals surface area (Å²) < 4.78 is 0. The van der Waals surface area contributed by atoms with Gasteiger partial charge in [-0.25, -0.2) is 0 Å².